The van der Waals surface area contributed by atoms with Crippen LogP contribution in [-0.2, 0) is 4.79 Å². The fraction of sp³-hybridized carbons (Fsp3) is 0.615. The maximum Gasteiger partial charge on any atom is 0.390 e. The minimum absolute atomic E-state index is 0.128. The number of nitrogens with zero attached hydrogens (tertiary/aromatic N) is 5. The van der Waals surface area contributed by atoms with Gasteiger partial charge in [-0.1, -0.05) is 6.92 Å². The van der Waals surface area contributed by atoms with E-state index in [-0.39, 0.29) is 12.1 Å². The second-order valence-corrected chi connectivity index (χ2v) is 5.61. The van der Waals surface area contributed by atoms with Crippen molar-refractivity contribution in [2.24, 2.45) is 5.10 Å². The molecule has 0 unspecified atom stereocenters. The number of hydrazone groups is 1. The quantitative estimate of drug-likeness (QED) is 0.643. The van der Waals surface area contributed by atoms with Gasteiger partial charge in [0.25, 0.3) is 12.3 Å². The smallest absolute Gasteiger partial charge is 0.364 e. The number of alkyl halides is 2. The van der Waals surface area contributed by atoms with Crippen LogP contribution in [0.1, 0.15) is 38.4 Å². The molecule has 0 bridgehead atoms. The molecule has 0 saturated heterocycles. The van der Waals surface area contributed by atoms with Crippen LogP contribution in [0.3, 0.4) is 0 Å². The minimum atomic E-state index is -3.21. The lowest BCUT2D eigenvalue weighted by molar-refractivity contribution is -0.389. The molecule has 1 amide bonds. The Labute approximate surface area is 135 Å². The Morgan fingerprint density at radius 3 is 2.62 bits per heavy atom. The van der Waals surface area contributed by atoms with E-state index < -0.39 is 41.3 Å². The van der Waals surface area contributed by atoms with Crippen LogP contribution in [0.25, 0.3) is 0 Å². The van der Waals surface area contributed by atoms with E-state index in [0.717, 1.165) is 4.68 Å². The van der Waals surface area contributed by atoms with Crippen LogP contribution in [0.2, 0.25) is 0 Å². The van der Waals surface area contributed by atoms with Crippen molar-refractivity contribution in [3.63, 3.8) is 0 Å². The Bertz CT molecular complexity index is 705. The molecule has 0 aromatic carbocycles. The van der Waals surface area contributed by atoms with Crippen LogP contribution in [0.5, 0.6) is 0 Å². The SMILES string of the molecule is CC[C@@H](C(=O)N1N=C(C)C[C@@]1(O)C(F)F)n1nc([N+](=O)[O-])cc1C. The topological polar surface area (TPSA) is 114 Å². The zero-order valence-corrected chi connectivity index (χ0v) is 13.3. The standard InChI is InChI=1S/C13H17F2N5O4/c1-4-9(18-8(3)5-10(17-18)20(23)24)11(21)19-13(22,12(14)15)6-7(2)16-19/h5,9,12,22H,4,6H2,1-3H3/t9-,13+/m0/s1. The highest BCUT2D eigenvalue weighted by molar-refractivity contribution is 5.90. The molecule has 2 atom stereocenters. The van der Waals surface area contributed by atoms with Gasteiger partial charge in [-0.25, -0.2) is 8.78 Å². The normalized spacial score (nSPS) is 22.0. The van der Waals surface area contributed by atoms with E-state index >= 15 is 0 Å². The summed E-state index contributed by atoms with van der Waals surface area (Å²) in [6, 6.07) is 0.0759. The van der Waals surface area contributed by atoms with Crippen LogP contribution in [0, 0.1) is 17.0 Å². The summed E-state index contributed by atoms with van der Waals surface area (Å²) in [5, 5.41) is 28.8. The number of carbonyl (C=O) groups excluding carboxylic acids is 1. The number of amides is 1. The third-order valence-corrected chi connectivity index (χ3v) is 3.78. The number of nitro groups is 1. The Morgan fingerprint density at radius 1 is 1.54 bits per heavy atom. The number of aliphatic hydroxyl groups is 1. The highest BCUT2D eigenvalue weighted by Gasteiger charge is 2.52. The Kier molecular flexibility index (Phi) is 4.65. The third kappa shape index (κ3) is 2.86. The maximum atomic E-state index is 13.2. The van der Waals surface area contributed by atoms with Crippen molar-refractivity contribution in [1.29, 1.82) is 0 Å². The van der Waals surface area contributed by atoms with Gasteiger partial charge in [0.1, 0.15) is 0 Å². The van der Waals surface area contributed by atoms with Crippen LogP contribution in [0.15, 0.2) is 11.2 Å². The van der Waals surface area contributed by atoms with Crippen LogP contribution in [-0.4, -0.2) is 48.6 Å². The molecular formula is C13H17F2N5O4. The number of carbonyl (C=O) groups is 1. The number of hydrogen-bond acceptors (Lipinski definition) is 6. The van der Waals surface area contributed by atoms with Gasteiger partial charge in [-0.3, -0.25) is 4.79 Å². The van der Waals surface area contributed by atoms with Gasteiger partial charge in [-0.2, -0.15) is 14.8 Å². The zero-order chi connectivity index (χ0) is 18.2. The average Bonchev–Trinajstić information content (AvgIpc) is 3.01. The van der Waals surface area contributed by atoms with Crippen molar-refractivity contribution in [3.8, 4) is 0 Å². The van der Waals surface area contributed by atoms with Gasteiger partial charge >= 0.3 is 5.82 Å². The molecule has 2 rings (SSSR count). The Morgan fingerprint density at radius 2 is 2.17 bits per heavy atom. The van der Waals surface area contributed by atoms with Crippen LogP contribution in [0.4, 0.5) is 14.6 Å². The van der Waals surface area contributed by atoms with Gasteiger partial charge in [0.15, 0.2) is 6.04 Å². The van der Waals surface area contributed by atoms with E-state index in [4.69, 9.17) is 0 Å². The average molecular weight is 345 g/mol. The van der Waals surface area contributed by atoms with Crippen molar-refractivity contribution in [2.75, 3.05) is 0 Å². The highest BCUT2D eigenvalue weighted by Crippen LogP contribution is 2.34. The van der Waals surface area contributed by atoms with Crippen molar-refractivity contribution in [3.05, 3.63) is 21.9 Å². The van der Waals surface area contributed by atoms with E-state index in [1.807, 2.05) is 0 Å². The van der Waals surface area contributed by atoms with Gasteiger partial charge in [-0.05, 0) is 25.2 Å². The summed E-state index contributed by atoms with van der Waals surface area (Å²) in [6.07, 6.45) is -3.55. The number of rotatable bonds is 5. The monoisotopic (exact) mass is 345 g/mol. The van der Waals surface area contributed by atoms with Gasteiger partial charge in [-0.15, -0.1) is 0 Å². The fourth-order valence-corrected chi connectivity index (χ4v) is 2.62. The van der Waals surface area contributed by atoms with Gasteiger partial charge < -0.3 is 15.2 Å². The van der Waals surface area contributed by atoms with Crippen molar-refractivity contribution >= 4 is 17.4 Å². The first-order chi connectivity index (χ1) is 11.1. The molecule has 1 aromatic rings. The molecule has 24 heavy (non-hydrogen) atoms. The second-order valence-electron chi connectivity index (χ2n) is 5.61. The summed E-state index contributed by atoms with van der Waals surface area (Å²) in [7, 11) is 0. The molecular weight excluding hydrogens is 328 g/mol. The Balaban J connectivity index is 2.40. The lowest BCUT2D eigenvalue weighted by atomic mass is 10.1. The fourth-order valence-electron chi connectivity index (χ4n) is 2.62. The predicted octanol–water partition coefficient (Wildman–Crippen LogP) is 1.61. The first-order valence-corrected chi connectivity index (χ1v) is 7.21. The van der Waals surface area contributed by atoms with E-state index in [9.17, 15) is 28.8 Å². The van der Waals surface area contributed by atoms with Crippen LogP contribution < -0.4 is 0 Å². The predicted molar refractivity (Wildman–Crippen MR) is 78.5 cm³/mol. The molecule has 0 aliphatic carbocycles. The van der Waals surface area contributed by atoms with Crippen molar-refractivity contribution in [2.45, 2.75) is 51.8 Å². The Hall–Kier alpha value is -2.43. The van der Waals surface area contributed by atoms with Gasteiger partial charge in [0.2, 0.25) is 5.72 Å². The molecule has 0 radical (unpaired) electrons. The molecule has 1 N–H and O–H groups in total. The third-order valence-electron chi connectivity index (χ3n) is 3.78. The maximum absolute atomic E-state index is 13.2. The molecule has 11 heteroatoms. The first kappa shape index (κ1) is 17.9. The molecule has 132 valence electrons. The summed E-state index contributed by atoms with van der Waals surface area (Å²) in [4.78, 5) is 22.8. The molecule has 1 aliphatic heterocycles. The lowest BCUT2D eigenvalue weighted by Crippen LogP contribution is -2.53. The summed E-state index contributed by atoms with van der Waals surface area (Å²) >= 11 is 0. The molecule has 0 saturated carbocycles. The number of aromatic nitrogens is 2. The van der Waals surface area contributed by atoms with Crippen LogP contribution >= 0.6 is 0 Å². The van der Waals surface area contributed by atoms with E-state index in [2.05, 4.69) is 10.2 Å². The summed E-state index contributed by atoms with van der Waals surface area (Å²) in [6.45, 7) is 4.53. The van der Waals surface area contributed by atoms with Crippen molar-refractivity contribution in [1.82, 2.24) is 14.8 Å². The molecule has 2 heterocycles. The van der Waals surface area contributed by atoms with E-state index in [0.29, 0.717) is 10.7 Å². The molecule has 1 aromatic heterocycles. The number of halogens is 2. The minimum Gasteiger partial charge on any atom is -0.364 e. The molecule has 9 nitrogen and oxygen atoms in total. The summed E-state index contributed by atoms with van der Waals surface area (Å²) < 4.78 is 27.6. The van der Waals surface area contributed by atoms with E-state index in [1.165, 1.54) is 19.9 Å². The summed E-state index contributed by atoms with van der Waals surface area (Å²) in [5.74, 6) is -1.36. The molecule has 0 spiro atoms. The second kappa shape index (κ2) is 6.23. The largest absolute Gasteiger partial charge is 0.390 e. The number of hydrogen-bond donors (Lipinski definition) is 1. The van der Waals surface area contributed by atoms with Gasteiger partial charge in [0, 0.05) is 12.1 Å². The zero-order valence-electron chi connectivity index (χ0n) is 13.3. The molecule has 1 aliphatic rings. The number of aryl methyl sites for hydroxylation is 1. The van der Waals surface area contributed by atoms with Crippen molar-refractivity contribution < 1.29 is 23.6 Å². The highest BCUT2D eigenvalue weighted by atomic mass is 19.3. The lowest BCUT2D eigenvalue weighted by Gasteiger charge is -2.31. The van der Waals surface area contributed by atoms with E-state index in [1.54, 1.807) is 6.92 Å². The van der Waals surface area contributed by atoms with Gasteiger partial charge in [0.05, 0.1) is 16.9 Å². The summed E-state index contributed by atoms with van der Waals surface area (Å²) in [5.41, 5.74) is -2.21. The first-order valence-electron chi connectivity index (χ1n) is 7.21. The molecule has 0 fully saturated rings.